The molecule has 0 amide bonds. The number of carbonyl (C=O) groups is 2. The summed E-state index contributed by atoms with van der Waals surface area (Å²) in [5.74, 6) is -1.36. The van der Waals surface area contributed by atoms with Crippen LogP contribution in [0.25, 0.3) is 5.57 Å². The number of benzene rings is 2. The first-order chi connectivity index (χ1) is 15.7. The number of carbonyl (C=O) groups excluding carboxylic acids is 2. The number of non-ortho nitro benzene ring substituents is 2. The van der Waals surface area contributed by atoms with Crippen molar-refractivity contribution in [2.75, 3.05) is 13.2 Å². The van der Waals surface area contributed by atoms with Crippen molar-refractivity contribution in [1.82, 2.24) is 0 Å². The molecule has 0 aliphatic carbocycles. The average Bonchev–Trinajstić information content (AvgIpc) is 2.80. The molecule has 0 saturated carbocycles. The van der Waals surface area contributed by atoms with E-state index in [-0.39, 0.29) is 30.1 Å². The lowest BCUT2D eigenvalue weighted by Gasteiger charge is -2.08. The predicted octanol–water partition coefficient (Wildman–Crippen LogP) is 4.18. The molecule has 0 atom stereocenters. The van der Waals surface area contributed by atoms with Gasteiger partial charge in [-0.25, -0.2) is 9.59 Å². The summed E-state index contributed by atoms with van der Waals surface area (Å²) in [5, 5.41) is 31.0. The number of unbranched alkanes of at least 4 members (excludes halogenated alkanes) is 3. The molecule has 0 fully saturated rings. The van der Waals surface area contributed by atoms with Crippen LogP contribution in [0.15, 0.2) is 49.0 Å². The van der Waals surface area contributed by atoms with Gasteiger partial charge >= 0.3 is 11.9 Å². The first-order valence-electron chi connectivity index (χ1n) is 9.95. The second-order valence-corrected chi connectivity index (χ2v) is 6.96. The summed E-state index contributed by atoms with van der Waals surface area (Å²) < 4.78 is 10.2. The summed E-state index contributed by atoms with van der Waals surface area (Å²) in [6.45, 7) is 3.91. The summed E-state index contributed by atoms with van der Waals surface area (Å²) in [6, 6.07) is 8.63. The van der Waals surface area contributed by atoms with Crippen molar-refractivity contribution >= 4 is 28.9 Å². The lowest BCUT2D eigenvalue weighted by Crippen LogP contribution is -2.08. The number of esters is 2. The number of hydrogen-bond donors (Lipinski definition) is 1. The maximum atomic E-state index is 12.1. The Hall–Kier alpha value is -4.28. The van der Waals surface area contributed by atoms with Gasteiger partial charge in [0, 0.05) is 12.1 Å². The summed E-state index contributed by atoms with van der Waals surface area (Å²) in [6.07, 6.45) is 2.44. The highest BCUT2D eigenvalue weighted by atomic mass is 16.6. The van der Waals surface area contributed by atoms with Crippen LogP contribution in [0.5, 0.6) is 5.75 Å². The Morgan fingerprint density at radius 2 is 1.33 bits per heavy atom. The van der Waals surface area contributed by atoms with Gasteiger partial charge in [0.15, 0.2) is 0 Å². The molecule has 11 nitrogen and oxygen atoms in total. The van der Waals surface area contributed by atoms with Gasteiger partial charge in [0.1, 0.15) is 5.75 Å². The van der Waals surface area contributed by atoms with Crippen molar-refractivity contribution in [3.8, 4) is 5.75 Å². The van der Waals surface area contributed by atoms with Gasteiger partial charge in [-0.3, -0.25) is 20.2 Å². The van der Waals surface area contributed by atoms with E-state index < -0.39 is 33.2 Å². The first kappa shape index (κ1) is 25.0. The second-order valence-electron chi connectivity index (χ2n) is 6.96. The van der Waals surface area contributed by atoms with Gasteiger partial charge in [0.05, 0.1) is 40.3 Å². The van der Waals surface area contributed by atoms with E-state index in [1.54, 1.807) is 12.1 Å². The van der Waals surface area contributed by atoms with E-state index in [9.17, 15) is 34.9 Å². The highest BCUT2D eigenvalue weighted by Gasteiger charge is 2.20. The minimum Gasteiger partial charge on any atom is -0.508 e. The van der Waals surface area contributed by atoms with Gasteiger partial charge in [-0.1, -0.05) is 18.7 Å². The zero-order chi connectivity index (χ0) is 24.4. The quantitative estimate of drug-likeness (QED) is 0.162. The largest absolute Gasteiger partial charge is 0.508 e. The Balaban J connectivity index is 1.66. The third kappa shape index (κ3) is 7.73. The molecule has 33 heavy (non-hydrogen) atoms. The van der Waals surface area contributed by atoms with Crippen LogP contribution in [0.2, 0.25) is 0 Å². The van der Waals surface area contributed by atoms with Crippen molar-refractivity contribution in [2.24, 2.45) is 0 Å². The Morgan fingerprint density at radius 1 is 0.818 bits per heavy atom. The van der Waals surface area contributed by atoms with Crippen LogP contribution in [0.3, 0.4) is 0 Å². The third-order valence-corrected chi connectivity index (χ3v) is 4.53. The molecule has 0 aromatic heterocycles. The number of rotatable bonds is 12. The number of phenols is 1. The molecule has 0 bridgehead atoms. The maximum absolute atomic E-state index is 12.1. The number of nitrogens with zero attached hydrogens (tertiary/aromatic N) is 2. The molecule has 0 radical (unpaired) electrons. The zero-order valence-electron chi connectivity index (χ0n) is 17.6. The van der Waals surface area contributed by atoms with Gasteiger partial charge < -0.3 is 14.6 Å². The smallest absolute Gasteiger partial charge is 0.338 e. The lowest BCUT2D eigenvalue weighted by molar-refractivity contribution is -0.394. The van der Waals surface area contributed by atoms with E-state index in [1.165, 1.54) is 12.1 Å². The van der Waals surface area contributed by atoms with Crippen LogP contribution < -0.4 is 0 Å². The summed E-state index contributed by atoms with van der Waals surface area (Å²) in [5.41, 5.74) is -0.675. The van der Waals surface area contributed by atoms with E-state index in [2.05, 4.69) is 6.58 Å². The van der Waals surface area contributed by atoms with Crippen molar-refractivity contribution < 1.29 is 34.0 Å². The zero-order valence-corrected chi connectivity index (χ0v) is 17.6. The Morgan fingerprint density at radius 3 is 1.85 bits per heavy atom. The Labute approximate surface area is 188 Å². The molecule has 0 saturated heterocycles. The number of hydrogen-bond acceptors (Lipinski definition) is 9. The molecule has 2 rings (SSSR count). The van der Waals surface area contributed by atoms with E-state index in [4.69, 9.17) is 9.47 Å². The Bertz CT molecular complexity index is 1020. The van der Waals surface area contributed by atoms with E-state index in [1.807, 2.05) is 0 Å². The Kier molecular flexibility index (Phi) is 9.04. The standard InChI is InChI=1S/C22H22N2O9/c1-15(16-6-8-20(25)9-7-16)21(26)32-10-4-2-3-5-11-33-22(27)17-12-18(23(28)29)14-19(13-17)24(30)31/h6-9,12-14,25H,1-5,10-11H2. The summed E-state index contributed by atoms with van der Waals surface area (Å²) in [4.78, 5) is 44.2. The normalized spacial score (nSPS) is 10.3. The molecule has 174 valence electrons. The minimum absolute atomic E-state index is 0.0345. The van der Waals surface area contributed by atoms with Crippen LogP contribution >= 0.6 is 0 Å². The molecule has 2 aromatic carbocycles. The number of aromatic hydroxyl groups is 1. The van der Waals surface area contributed by atoms with Crippen LogP contribution in [0.1, 0.15) is 41.6 Å². The van der Waals surface area contributed by atoms with Gasteiger partial charge in [-0.15, -0.1) is 0 Å². The van der Waals surface area contributed by atoms with Crippen LogP contribution in [0.4, 0.5) is 11.4 Å². The summed E-state index contributed by atoms with van der Waals surface area (Å²) in [7, 11) is 0. The predicted molar refractivity (Wildman–Crippen MR) is 117 cm³/mol. The number of nitro groups is 2. The third-order valence-electron chi connectivity index (χ3n) is 4.53. The monoisotopic (exact) mass is 458 g/mol. The van der Waals surface area contributed by atoms with Crippen molar-refractivity contribution in [3.05, 3.63) is 80.4 Å². The summed E-state index contributed by atoms with van der Waals surface area (Å²) >= 11 is 0. The molecule has 0 unspecified atom stereocenters. The second kappa shape index (κ2) is 11.9. The van der Waals surface area contributed by atoms with Crippen molar-refractivity contribution in [2.45, 2.75) is 25.7 Å². The van der Waals surface area contributed by atoms with Gasteiger partial charge in [0.2, 0.25) is 0 Å². The molecule has 11 heteroatoms. The lowest BCUT2D eigenvalue weighted by atomic mass is 10.1. The maximum Gasteiger partial charge on any atom is 0.338 e. The SMILES string of the molecule is C=C(C(=O)OCCCCCCOC(=O)c1cc([N+](=O)[O-])cc([N+](=O)[O-])c1)c1ccc(O)cc1. The first-order valence-corrected chi connectivity index (χ1v) is 9.95. The number of phenolic OH excluding ortho intramolecular Hbond substituents is 1. The molecule has 0 heterocycles. The molecular weight excluding hydrogens is 436 g/mol. The van der Waals surface area contributed by atoms with Crippen molar-refractivity contribution in [3.63, 3.8) is 0 Å². The van der Waals surface area contributed by atoms with Gasteiger partial charge in [-0.2, -0.15) is 0 Å². The van der Waals surface area contributed by atoms with Gasteiger partial charge in [0.25, 0.3) is 11.4 Å². The molecule has 0 aliphatic rings. The molecule has 1 N–H and O–H groups in total. The topological polar surface area (TPSA) is 159 Å². The minimum atomic E-state index is -0.886. The van der Waals surface area contributed by atoms with Crippen molar-refractivity contribution in [1.29, 1.82) is 0 Å². The fourth-order valence-corrected chi connectivity index (χ4v) is 2.76. The number of ether oxygens (including phenoxy) is 2. The molecule has 0 aliphatic heterocycles. The highest BCUT2D eigenvalue weighted by Crippen LogP contribution is 2.23. The van der Waals surface area contributed by atoms with E-state index in [0.717, 1.165) is 18.2 Å². The molecule has 2 aromatic rings. The van der Waals surface area contributed by atoms with Crippen LogP contribution in [-0.4, -0.2) is 40.1 Å². The molecule has 0 spiro atoms. The fraction of sp³-hybridized carbons (Fsp3) is 0.273. The fourth-order valence-electron chi connectivity index (χ4n) is 2.76. The van der Waals surface area contributed by atoms with E-state index in [0.29, 0.717) is 31.2 Å². The van der Waals surface area contributed by atoms with Crippen LogP contribution in [0, 0.1) is 20.2 Å². The number of nitro benzene ring substituents is 2. The van der Waals surface area contributed by atoms with Crippen LogP contribution in [-0.2, 0) is 14.3 Å². The highest BCUT2D eigenvalue weighted by molar-refractivity contribution is 6.15. The molecular formula is C22H22N2O9. The average molecular weight is 458 g/mol. The van der Waals surface area contributed by atoms with Gasteiger partial charge in [-0.05, 0) is 43.4 Å². The van der Waals surface area contributed by atoms with E-state index >= 15 is 0 Å².